The number of carbonyl (C=O) groups excluding carboxylic acids is 1. The largest absolute Gasteiger partial charge is 0.327 e. The highest BCUT2D eigenvalue weighted by atomic mass is 16.1. The summed E-state index contributed by atoms with van der Waals surface area (Å²) in [6.45, 7) is 0.767. The van der Waals surface area contributed by atoms with Crippen molar-refractivity contribution in [3.05, 3.63) is 42.2 Å². The Kier molecular flexibility index (Phi) is 2.52. The van der Waals surface area contributed by atoms with Gasteiger partial charge in [0.15, 0.2) is 0 Å². The molecule has 0 saturated carbocycles. The summed E-state index contributed by atoms with van der Waals surface area (Å²) in [5.74, 6) is 1.12. The van der Waals surface area contributed by atoms with E-state index in [1.807, 2.05) is 24.4 Å². The van der Waals surface area contributed by atoms with Crippen LogP contribution in [0.1, 0.15) is 12.1 Å². The molecule has 0 aliphatic carbocycles. The van der Waals surface area contributed by atoms with Gasteiger partial charge in [0.1, 0.15) is 12.1 Å². The van der Waals surface area contributed by atoms with E-state index in [4.69, 9.17) is 0 Å². The van der Waals surface area contributed by atoms with Gasteiger partial charge in [0.2, 0.25) is 0 Å². The molecule has 1 aliphatic rings. The lowest BCUT2D eigenvalue weighted by atomic mass is 9.99. The van der Waals surface area contributed by atoms with Gasteiger partial charge >= 0.3 is 0 Å². The number of benzene rings is 1. The van der Waals surface area contributed by atoms with E-state index in [1.165, 1.54) is 5.69 Å². The maximum atomic E-state index is 10.9. The molecule has 0 spiro atoms. The van der Waals surface area contributed by atoms with Gasteiger partial charge in [-0.05, 0) is 12.8 Å². The van der Waals surface area contributed by atoms with Crippen molar-refractivity contribution in [2.45, 2.75) is 19.4 Å². The van der Waals surface area contributed by atoms with Crippen LogP contribution < -0.4 is 0 Å². The van der Waals surface area contributed by atoms with Crippen molar-refractivity contribution < 1.29 is 4.79 Å². The average Bonchev–Trinajstić information content (AvgIpc) is 2.82. The first-order chi connectivity index (χ1) is 8.38. The smallest absolute Gasteiger partial charge is 0.140 e. The number of aryl methyl sites for hydroxylation is 1. The van der Waals surface area contributed by atoms with Gasteiger partial charge in [-0.25, -0.2) is 4.98 Å². The minimum absolute atomic E-state index is 0.138. The SMILES string of the molecule is O=CC1CCc2cnc(-c3ccccc3)n2C1. The van der Waals surface area contributed by atoms with E-state index in [2.05, 4.69) is 21.7 Å². The highest BCUT2D eigenvalue weighted by Gasteiger charge is 2.21. The lowest BCUT2D eigenvalue weighted by Crippen LogP contribution is -2.21. The molecule has 2 heterocycles. The molecule has 0 amide bonds. The van der Waals surface area contributed by atoms with Gasteiger partial charge in [-0.15, -0.1) is 0 Å². The van der Waals surface area contributed by atoms with Gasteiger partial charge in [-0.1, -0.05) is 30.3 Å². The van der Waals surface area contributed by atoms with Crippen molar-refractivity contribution in [1.82, 2.24) is 9.55 Å². The number of carbonyl (C=O) groups is 1. The number of aromatic nitrogens is 2. The molecule has 1 atom stereocenters. The highest BCUT2D eigenvalue weighted by Crippen LogP contribution is 2.26. The molecule has 0 saturated heterocycles. The Morgan fingerprint density at radius 1 is 1.29 bits per heavy atom. The summed E-state index contributed by atoms with van der Waals surface area (Å²) in [7, 11) is 0. The second-order valence-electron chi connectivity index (χ2n) is 4.48. The van der Waals surface area contributed by atoms with Gasteiger partial charge < -0.3 is 9.36 Å². The normalized spacial score (nSPS) is 18.7. The molecule has 3 heteroatoms. The number of aldehydes is 1. The van der Waals surface area contributed by atoms with Crippen molar-refractivity contribution in [3.8, 4) is 11.4 Å². The van der Waals surface area contributed by atoms with Gasteiger partial charge in [-0.2, -0.15) is 0 Å². The maximum Gasteiger partial charge on any atom is 0.140 e. The third-order valence-electron chi connectivity index (χ3n) is 3.35. The van der Waals surface area contributed by atoms with Crippen LogP contribution in [0.5, 0.6) is 0 Å². The summed E-state index contributed by atoms with van der Waals surface area (Å²) >= 11 is 0. The molecule has 0 fully saturated rings. The van der Waals surface area contributed by atoms with E-state index < -0.39 is 0 Å². The molecule has 0 radical (unpaired) electrons. The summed E-state index contributed by atoms with van der Waals surface area (Å²) in [5.41, 5.74) is 2.35. The zero-order valence-electron chi connectivity index (χ0n) is 9.54. The molecule has 0 bridgehead atoms. The lowest BCUT2D eigenvalue weighted by molar-refractivity contribution is -0.111. The minimum atomic E-state index is 0.138. The molecule has 17 heavy (non-hydrogen) atoms. The molecular formula is C14H14N2O. The molecule has 3 rings (SSSR count). The van der Waals surface area contributed by atoms with Gasteiger partial charge in [0.25, 0.3) is 0 Å². The topological polar surface area (TPSA) is 34.9 Å². The van der Waals surface area contributed by atoms with Gasteiger partial charge in [0, 0.05) is 29.9 Å². The Labute approximate surface area is 100 Å². The van der Waals surface area contributed by atoms with Gasteiger partial charge in [0.05, 0.1) is 0 Å². The summed E-state index contributed by atoms with van der Waals surface area (Å²) in [6, 6.07) is 10.1. The molecule has 0 N–H and O–H groups in total. The van der Waals surface area contributed by atoms with Crippen LogP contribution in [0.4, 0.5) is 0 Å². The second-order valence-corrected chi connectivity index (χ2v) is 4.48. The molecule has 1 aromatic heterocycles. The van der Waals surface area contributed by atoms with Crippen molar-refractivity contribution in [1.29, 1.82) is 0 Å². The molecule has 86 valence electrons. The van der Waals surface area contributed by atoms with E-state index in [-0.39, 0.29) is 5.92 Å². The summed E-state index contributed by atoms with van der Waals surface area (Å²) in [4.78, 5) is 15.4. The average molecular weight is 226 g/mol. The highest BCUT2D eigenvalue weighted by molar-refractivity contribution is 5.58. The zero-order valence-corrected chi connectivity index (χ0v) is 9.54. The molecule has 3 nitrogen and oxygen atoms in total. The lowest BCUT2D eigenvalue weighted by Gasteiger charge is -2.21. The number of hydrogen-bond acceptors (Lipinski definition) is 2. The first kappa shape index (κ1) is 10.3. The van der Waals surface area contributed by atoms with Crippen LogP contribution in [0.2, 0.25) is 0 Å². The van der Waals surface area contributed by atoms with Crippen LogP contribution in [-0.2, 0) is 17.8 Å². The van der Waals surface area contributed by atoms with E-state index in [0.717, 1.165) is 37.1 Å². The molecule has 1 aliphatic heterocycles. The van der Waals surface area contributed by atoms with Crippen LogP contribution >= 0.6 is 0 Å². The van der Waals surface area contributed by atoms with Crippen molar-refractivity contribution in [2.75, 3.05) is 0 Å². The number of hydrogen-bond donors (Lipinski definition) is 0. The molecular weight excluding hydrogens is 212 g/mol. The Hall–Kier alpha value is -1.90. The third-order valence-corrected chi connectivity index (χ3v) is 3.35. The standard InChI is InChI=1S/C14H14N2O/c17-10-11-6-7-13-8-15-14(16(13)9-11)12-4-2-1-3-5-12/h1-5,8,10-11H,6-7,9H2. The van der Waals surface area contributed by atoms with Crippen LogP contribution in [0, 0.1) is 5.92 Å². The summed E-state index contributed by atoms with van der Waals surface area (Å²) in [5, 5.41) is 0. The van der Waals surface area contributed by atoms with Crippen LogP contribution in [0.25, 0.3) is 11.4 Å². The second kappa shape index (κ2) is 4.17. The predicted octanol–water partition coefficient (Wildman–Crippen LogP) is 2.31. The quantitative estimate of drug-likeness (QED) is 0.736. The summed E-state index contributed by atoms with van der Waals surface area (Å²) < 4.78 is 2.18. The van der Waals surface area contributed by atoms with E-state index in [1.54, 1.807) is 0 Å². The maximum absolute atomic E-state index is 10.9. The Bertz CT molecular complexity index is 530. The van der Waals surface area contributed by atoms with E-state index in [0.29, 0.717) is 0 Å². The number of rotatable bonds is 2. The molecule has 1 aromatic carbocycles. The Morgan fingerprint density at radius 2 is 2.12 bits per heavy atom. The number of fused-ring (bicyclic) bond motifs is 1. The monoisotopic (exact) mass is 226 g/mol. The minimum Gasteiger partial charge on any atom is -0.327 e. The Balaban J connectivity index is 2.03. The van der Waals surface area contributed by atoms with Crippen LogP contribution in [0.15, 0.2) is 36.5 Å². The van der Waals surface area contributed by atoms with Crippen molar-refractivity contribution in [3.63, 3.8) is 0 Å². The third kappa shape index (κ3) is 1.78. The predicted molar refractivity (Wildman–Crippen MR) is 65.5 cm³/mol. The zero-order chi connectivity index (χ0) is 11.7. The summed E-state index contributed by atoms with van der Waals surface area (Å²) in [6.07, 6.45) is 4.90. The van der Waals surface area contributed by atoms with Crippen LogP contribution in [0.3, 0.4) is 0 Å². The van der Waals surface area contributed by atoms with E-state index >= 15 is 0 Å². The van der Waals surface area contributed by atoms with Gasteiger partial charge in [-0.3, -0.25) is 0 Å². The van der Waals surface area contributed by atoms with E-state index in [9.17, 15) is 4.79 Å². The van der Waals surface area contributed by atoms with Crippen molar-refractivity contribution in [2.24, 2.45) is 5.92 Å². The fourth-order valence-corrected chi connectivity index (χ4v) is 2.40. The first-order valence-corrected chi connectivity index (χ1v) is 5.93. The van der Waals surface area contributed by atoms with Crippen LogP contribution in [-0.4, -0.2) is 15.8 Å². The fourth-order valence-electron chi connectivity index (χ4n) is 2.40. The first-order valence-electron chi connectivity index (χ1n) is 5.93. The number of imidazole rings is 1. The molecule has 1 unspecified atom stereocenters. The Morgan fingerprint density at radius 3 is 2.88 bits per heavy atom. The molecule has 2 aromatic rings. The fraction of sp³-hybridized carbons (Fsp3) is 0.286. The number of nitrogens with zero attached hydrogens (tertiary/aromatic N) is 2. The van der Waals surface area contributed by atoms with Crippen molar-refractivity contribution >= 4 is 6.29 Å².